The van der Waals surface area contributed by atoms with Crippen molar-refractivity contribution in [2.24, 2.45) is 11.1 Å². The summed E-state index contributed by atoms with van der Waals surface area (Å²) in [5, 5.41) is 13.0. The van der Waals surface area contributed by atoms with Gasteiger partial charge in [-0.15, -0.1) is 0 Å². The fraction of sp³-hybridized carbons (Fsp3) is 0.875. The molecule has 0 aliphatic heterocycles. The lowest BCUT2D eigenvalue weighted by atomic mass is 9.88. The van der Waals surface area contributed by atoms with E-state index in [1.54, 1.807) is 6.21 Å². The predicted octanol–water partition coefficient (Wildman–Crippen LogP) is 1.17. The SMILES string of the molecule is CO/N=C/C1CCCC(O)C1. The molecule has 0 radical (unpaired) electrons. The van der Waals surface area contributed by atoms with E-state index in [4.69, 9.17) is 0 Å². The third-order valence-corrected chi connectivity index (χ3v) is 2.06. The summed E-state index contributed by atoms with van der Waals surface area (Å²) in [6.45, 7) is 0. The minimum absolute atomic E-state index is 0.128. The Morgan fingerprint density at radius 2 is 2.36 bits per heavy atom. The van der Waals surface area contributed by atoms with Crippen LogP contribution in [0.25, 0.3) is 0 Å². The van der Waals surface area contributed by atoms with Gasteiger partial charge < -0.3 is 9.94 Å². The van der Waals surface area contributed by atoms with E-state index in [2.05, 4.69) is 9.99 Å². The predicted molar refractivity (Wildman–Crippen MR) is 43.5 cm³/mol. The molecule has 3 heteroatoms. The highest BCUT2D eigenvalue weighted by Gasteiger charge is 2.18. The second-order valence-corrected chi connectivity index (χ2v) is 3.02. The Kier molecular flexibility index (Phi) is 3.36. The van der Waals surface area contributed by atoms with Crippen molar-refractivity contribution in [3.63, 3.8) is 0 Å². The molecule has 0 aromatic rings. The van der Waals surface area contributed by atoms with E-state index in [1.165, 1.54) is 7.11 Å². The molecule has 11 heavy (non-hydrogen) atoms. The molecule has 2 atom stereocenters. The Balaban J connectivity index is 2.28. The van der Waals surface area contributed by atoms with Gasteiger partial charge in [0.1, 0.15) is 7.11 Å². The Morgan fingerprint density at radius 1 is 1.55 bits per heavy atom. The third kappa shape index (κ3) is 2.89. The first-order valence-corrected chi connectivity index (χ1v) is 4.07. The van der Waals surface area contributed by atoms with Crippen molar-refractivity contribution >= 4 is 6.21 Å². The molecule has 0 aromatic carbocycles. The molecule has 0 heterocycles. The maximum Gasteiger partial charge on any atom is 0.106 e. The van der Waals surface area contributed by atoms with Gasteiger partial charge in [-0.3, -0.25) is 0 Å². The van der Waals surface area contributed by atoms with E-state index in [0.29, 0.717) is 5.92 Å². The Bertz CT molecular complexity index is 136. The van der Waals surface area contributed by atoms with Crippen molar-refractivity contribution in [3.05, 3.63) is 0 Å². The maximum atomic E-state index is 9.28. The molecule has 1 N–H and O–H groups in total. The summed E-state index contributed by atoms with van der Waals surface area (Å²) in [6.07, 6.45) is 5.68. The summed E-state index contributed by atoms with van der Waals surface area (Å²) in [4.78, 5) is 4.57. The van der Waals surface area contributed by atoms with E-state index in [0.717, 1.165) is 25.7 Å². The molecule has 0 aromatic heterocycles. The van der Waals surface area contributed by atoms with E-state index >= 15 is 0 Å². The van der Waals surface area contributed by atoms with Crippen molar-refractivity contribution in [3.8, 4) is 0 Å². The molecule has 1 saturated carbocycles. The molecule has 1 rings (SSSR count). The van der Waals surface area contributed by atoms with Crippen LogP contribution in [-0.4, -0.2) is 24.5 Å². The first kappa shape index (κ1) is 8.53. The average Bonchev–Trinajstić information content (AvgIpc) is 2.01. The van der Waals surface area contributed by atoms with Crippen molar-refractivity contribution in [1.29, 1.82) is 0 Å². The van der Waals surface area contributed by atoms with Gasteiger partial charge in [0.15, 0.2) is 0 Å². The normalized spacial score (nSPS) is 32.5. The summed E-state index contributed by atoms with van der Waals surface area (Å²) >= 11 is 0. The second kappa shape index (κ2) is 4.34. The zero-order chi connectivity index (χ0) is 8.10. The van der Waals surface area contributed by atoms with E-state index in [1.807, 2.05) is 0 Å². The summed E-state index contributed by atoms with van der Waals surface area (Å²) in [6, 6.07) is 0. The fourth-order valence-electron chi connectivity index (χ4n) is 1.48. The number of aliphatic hydroxyl groups excluding tert-OH is 1. The molecule has 1 fully saturated rings. The second-order valence-electron chi connectivity index (χ2n) is 3.02. The van der Waals surface area contributed by atoms with Gasteiger partial charge in [-0.05, 0) is 25.2 Å². The minimum atomic E-state index is -0.128. The number of oxime groups is 1. The lowest BCUT2D eigenvalue weighted by Gasteiger charge is -2.21. The third-order valence-electron chi connectivity index (χ3n) is 2.06. The molecule has 0 amide bonds. The van der Waals surface area contributed by atoms with Crippen molar-refractivity contribution in [2.75, 3.05) is 7.11 Å². The van der Waals surface area contributed by atoms with Gasteiger partial charge in [-0.2, -0.15) is 0 Å². The molecular weight excluding hydrogens is 142 g/mol. The van der Waals surface area contributed by atoms with Crippen LogP contribution in [0.5, 0.6) is 0 Å². The highest BCUT2D eigenvalue weighted by atomic mass is 16.6. The van der Waals surface area contributed by atoms with Crippen LogP contribution in [0.1, 0.15) is 25.7 Å². The zero-order valence-corrected chi connectivity index (χ0v) is 6.86. The van der Waals surface area contributed by atoms with Gasteiger partial charge >= 0.3 is 0 Å². The smallest absolute Gasteiger partial charge is 0.106 e. The van der Waals surface area contributed by atoms with Crippen molar-refractivity contribution < 1.29 is 9.94 Å². The van der Waals surface area contributed by atoms with Gasteiger partial charge in [0.05, 0.1) is 6.10 Å². The van der Waals surface area contributed by atoms with Crippen LogP contribution < -0.4 is 0 Å². The lowest BCUT2D eigenvalue weighted by Crippen LogP contribution is -2.20. The number of hydrogen-bond donors (Lipinski definition) is 1. The fourth-order valence-corrected chi connectivity index (χ4v) is 1.48. The van der Waals surface area contributed by atoms with Crippen LogP contribution in [0.15, 0.2) is 5.16 Å². The number of rotatable bonds is 2. The molecule has 1 aliphatic carbocycles. The molecular formula is C8H15NO2. The molecule has 64 valence electrons. The first-order chi connectivity index (χ1) is 5.33. The Morgan fingerprint density at radius 3 is 3.00 bits per heavy atom. The number of aliphatic hydroxyl groups is 1. The topological polar surface area (TPSA) is 41.8 Å². The lowest BCUT2D eigenvalue weighted by molar-refractivity contribution is 0.117. The highest BCUT2D eigenvalue weighted by molar-refractivity contribution is 5.60. The summed E-state index contributed by atoms with van der Waals surface area (Å²) in [5.74, 6) is 0.415. The van der Waals surface area contributed by atoms with Gasteiger partial charge in [-0.25, -0.2) is 0 Å². The molecule has 0 bridgehead atoms. The Labute approximate surface area is 67.0 Å². The van der Waals surface area contributed by atoms with Crippen LogP contribution >= 0.6 is 0 Å². The zero-order valence-electron chi connectivity index (χ0n) is 6.86. The summed E-state index contributed by atoms with van der Waals surface area (Å²) in [5.41, 5.74) is 0. The van der Waals surface area contributed by atoms with Crippen LogP contribution in [0.3, 0.4) is 0 Å². The largest absolute Gasteiger partial charge is 0.399 e. The molecule has 2 unspecified atom stereocenters. The van der Waals surface area contributed by atoms with Crippen LogP contribution in [0.2, 0.25) is 0 Å². The Hall–Kier alpha value is -0.570. The standard InChI is InChI=1S/C8H15NO2/c1-11-9-6-7-3-2-4-8(10)5-7/h6-8,10H,2-5H2,1H3/b9-6+. The molecule has 0 saturated heterocycles. The van der Waals surface area contributed by atoms with E-state index in [-0.39, 0.29) is 6.10 Å². The average molecular weight is 157 g/mol. The highest BCUT2D eigenvalue weighted by Crippen LogP contribution is 2.22. The minimum Gasteiger partial charge on any atom is -0.399 e. The van der Waals surface area contributed by atoms with E-state index < -0.39 is 0 Å². The van der Waals surface area contributed by atoms with Gasteiger partial charge in [0, 0.05) is 6.21 Å². The van der Waals surface area contributed by atoms with E-state index in [9.17, 15) is 5.11 Å². The maximum absolute atomic E-state index is 9.28. The number of hydrogen-bond acceptors (Lipinski definition) is 3. The van der Waals surface area contributed by atoms with Gasteiger partial charge in [0.2, 0.25) is 0 Å². The summed E-state index contributed by atoms with van der Waals surface area (Å²) in [7, 11) is 1.54. The summed E-state index contributed by atoms with van der Waals surface area (Å²) < 4.78 is 0. The van der Waals surface area contributed by atoms with Gasteiger partial charge in [0.25, 0.3) is 0 Å². The quantitative estimate of drug-likeness (QED) is 0.483. The number of nitrogens with zero attached hydrogens (tertiary/aromatic N) is 1. The van der Waals surface area contributed by atoms with Crippen molar-refractivity contribution in [1.82, 2.24) is 0 Å². The molecule has 0 spiro atoms. The van der Waals surface area contributed by atoms with Crippen LogP contribution in [0.4, 0.5) is 0 Å². The van der Waals surface area contributed by atoms with Gasteiger partial charge in [-0.1, -0.05) is 11.6 Å². The van der Waals surface area contributed by atoms with Crippen LogP contribution in [-0.2, 0) is 4.84 Å². The monoisotopic (exact) mass is 157 g/mol. The molecule has 1 aliphatic rings. The van der Waals surface area contributed by atoms with Crippen molar-refractivity contribution in [2.45, 2.75) is 31.8 Å². The molecule has 3 nitrogen and oxygen atoms in total. The van der Waals surface area contributed by atoms with Crippen LogP contribution in [0, 0.1) is 5.92 Å². The first-order valence-electron chi connectivity index (χ1n) is 4.07.